The Kier molecular flexibility index (Phi) is 9.38. The van der Waals surface area contributed by atoms with Crippen LogP contribution >= 0.6 is 7.59 Å². The minimum atomic E-state index is -3.70. The monoisotopic (exact) mass is 368 g/mol. The van der Waals surface area contributed by atoms with E-state index in [1.54, 1.807) is 0 Å². The van der Waals surface area contributed by atoms with Crippen LogP contribution in [0.2, 0.25) is 0 Å². The summed E-state index contributed by atoms with van der Waals surface area (Å²) in [7, 11) is -3.70. The molecule has 24 heavy (non-hydrogen) atoms. The fraction of sp³-hybridized carbons (Fsp3) is 0.357. The van der Waals surface area contributed by atoms with E-state index >= 15 is 0 Å². The number of phenolic OH excluding ortho intramolecular Hbond substituents is 2. The summed E-state index contributed by atoms with van der Waals surface area (Å²) < 4.78 is 13.4. The van der Waals surface area contributed by atoms with Gasteiger partial charge in [0.05, 0.1) is 11.4 Å². The third-order valence-corrected chi connectivity index (χ3v) is 4.14. The van der Waals surface area contributed by atoms with Gasteiger partial charge in [-0.25, -0.2) is 0 Å². The average Bonchev–Trinajstić information content (AvgIpc) is 2.41. The van der Waals surface area contributed by atoms with Crippen LogP contribution in [0.3, 0.4) is 0 Å². The molecule has 0 saturated heterocycles. The van der Waals surface area contributed by atoms with E-state index < -0.39 is 25.0 Å². The largest absolute Gasteiger partial charge is 2.00 e. The van der Waals surface area contributed by atoms with Gasteiger partial charge in [-0.3, -0.25) is 25.0 Å². The number of carbonyl (C=O) groups excluding carboxylic acids is 1. The van der Waals surface area contributed by atoms with Gasteiger partial charge in [-0.2, -0.15) is 0 Å². The molecule has 1 rings (SSSR count). The minimum Gasteiger partial charge on any atom is -1.00 e. The standard InChI is InChI=1S/C14H23N4O4P.Mg.2H/c1-3-4-5-6-7-18(23(15,16)22)12-9-14(21)13(20)8-11(12)17-10(2)19;;;/h4-5,8-9,20-21H,3,6-7H2,1-2H3,(H,17,19)(H4,15,16,22);;;/q;+2;2*-1. The summed E-state index contributed by atoms with van der Waals surface area (Å²) in [6.07, 6.45) is 5.22. The molecule has 8 nitrogen and oxygen atoms in total. The van der Waals surface area contributed by atoms with E-state index in [0.29, 0.717) is 6.42 Å². The minimum absolute atomic E-state index is 0. The van der Waals surface area contributed by atoms with Gasteiger partial charge in [0.1, 0.15) is 0 Å². The summed E-state index contributed by atoms with van der Waals surface area (Å²) in [5.74, 6) is -1.25. The van der Waals surface area contributed by atoms with E-state index in [0.717, 1.165) is 18.6 Å². The van der Waals surface area contributed by atoms with Crippen LogP contribution in [0.15, 0.2) is 24.3 Å². The number of allylic oxidation sites excluding steroid dienone is 1. The zero-order chi connectivity index (χ0) is 17.6. The predicted molar refractivity (Wildman–Crippen MR) is 99.4 cm³/mol. The molecule has 0 saturated carbocycles. The van der Waals surface area contributed by atoms with Crippen molar-refractivity contribution >= 4 is 47.9 Å². The second-order valence-electron chi connectivity index (χ2n) is 5.00. The molecule has 10 heteroatoms. The van der Waals surface area contributed by atoms with Crippen LogP contribution in [0.5, 0.6) is 11.5 Å². The molecule has 0 aliphatic rings. The Morgan fingerprint density at radius 2 is 1.92 bits per heavy atom. The van der Waals surface area contributed by atoms with Crippen LogP contribution in [0.1, 0.15) is 29.5 Å². The van der Waals surface area contributed by atoms with E-state index in [1.807, 2.05) is 19.1 Å². The number of phenols is 2. The van der Waals surface area contributed by atoms with Crippen molar-refractivity contribution in [2.75, 3.05) is 16.5 Å². The molecule has 0 aliphatic carbocycles. The average molecular weight is 369 g/mol. The van der Waals surface area contributed by atoms with Crippen LogP contribution < -0.4 is 21.0 Å². The SMILES string of the molecule is CCC=CCCN(c1cc(O)c(O)cc1NC(C)=O)P(N)(N)=O.[H-].[H-].[Mg+2]. The quantitative estimate of drug-likeness (QED) is 0.163. The molecule has 1 aromatic carbocycles. The van der Waals surface area contributed by atoms with E-state index in [2.05, 4.69) is 5.32 Å². The van der Waals surface area contributed by atoms with Gasteiger partial charge in [0.25, 0.3) is 0 Å². The fourth-order valence-electron chi connectivity index (χ4n) is 2.00. The molecule has 0 aromatic heterocycles. The smallest absolute Gasteiger partial charge is 1.00 e. The van der Waals surface area contributed by atoms with Gasteiger partial charge in [0.15, 0.2) is 11.5 Å². The summed E-state index contributed by atoms with van der Waals surface area (Å²) in [5.41, 5.74) is 11.5. The Hall–Kier alpha value is -1.25. The zero-order valence-electron chi connectivity index (χ0n) is 15.9. The molecule has 0 atom stereocenters. The normalized spacial score (nSPS) is 11.2. The molecule has 0 bridgehead atoms. The Morgan fingerprint density at radius 3 is 2.42 bits per heavy atom. The van der Waals surface area contributed by atoms with Gasteiger partial charge in [-0.15, -0.1) is 0 Å². The van der Waals surface area contributed by atoms with Crippen molar-refractivity contribution in [2.45, 2.75) is 26.7 Å². The number of nitrogens with zero attached hydrogens (tertiary/aromatic N) is 1. The Labute approximate surface area is 160 Å². The maximum atomic E-state index is 12.2. The molecule has 1 aromatic rings. The van der Waals surface area contributed by atoms with Gasteiger partial charge in [0.2, 0.25) is 5.91 Å². The first-order chi connectivity index (χ1) is 10.7. The number of amides is 1. The first kappa shape index (κ1) is 22.7. The second-order valence-corrected chi connectivity index (χ2v) is 6.83. The molecular formula is C14H25MgN4O4P. The topological polar surface area (TPSA) is 142 Å². The third-order valence-electron chi connectivity index (χ3n) is 2.97. The van der Waals surface area contributed by atoms with Crippen molar-refractivity contribution in [1.29, 1.82) is 0 Å². The van der Waals surface area contributed by atoms with Crippen LogP contribution in [-0.4, -0.2) is 45.7 Å². The van der Waals surface area contributed by atoms with E-state index in [4.69, 9.17) is 11.0 Å². The van der Waals surface area contributed by atoms with Gasteiger partial charge >= 0.3 is 30.6 Å². The number of nitrogens with one attached hydrogen (secondary N) is 1. The predicted octanol–water partition coefficient (Wildman–Crippen LogP) is 2.09. The Bertz CT molecular complexity index is 658. The van der Waals surface area contributed by atoms with Crippen molar-refractivity contribution in [3.05, 3.63) is 24.3 Å². The van der Waals surface area contributed by atoms with Crippen molar-refractivity contribution in [3.8, 4) is 11.5 Å². The maximum Gasteiger partial charge on any atom is 2.00 e. The summed E-state index contributed by atoms with van der Waals surface area (Å²) in [6.45, 7) is 3.49. The number of rotatable bonds is 7. The molecular weight excluding hydrogens is 343 g/mol. The summed E-state index contributed by atoms with van der Waals surface area (Å²) in [5, 5.41) is 21.8. The second kappa shape index (κ2) is 9.90. The fourth-order valence-corrected chi connectivity index (χ4v) is 2.93. The van der Waals surface area contributed by atoms with Crippen molar-refractivity contribution in [1.82, 2.24) is 0 Å². The van der Waals surface area contributed by atoms with Crippen LogP contribution in [0.4, 0.5) is 11.4 Å². The number of benzene rings is 1. The molecule has 0 unspecified atom stereocenters. The van der Waals surface area contributed by atoms with Gasteiger partial charge in [-0.1, -0.05) is 19.1 Å². The number of carbonyl (C=O) groups is 1. The van der Waals surface area contributed by atoms with E-state index in [9.17, 15) is 19.6 Å². The Morgan fingerprint density at radius 1 is 1.33 bits per heavy atom. The maximum absolute atomic E-state index is 12.2. The molecule has 7 N–H and O–H groups in total. The van der Waals surface area contributed by atoms with Gasteiger partial charge in [-0.05, 0) is 12.8 Å². The molecule has 0 fully saturated rings. The van der Waals surface area contributed by atoms with Crippen molar-refractivity contribution in [3.63, 3.8) is 0 Å². The summed E-state index contributed by atoms with van der Waals surface area (Å²) in [6, 6.07) is 2.31. The number of aromatic hydroxyl groups is 2. The van der Waals surface area contributed by atoms with Crippen LogP contribution in [0, 0.1) is 0 Å². The van der Waals surface area contributed by atoms with Crippen molar-refractivity contribution in [2.24, 2.45) is 11.0 Å². The molecule has 0 spiro atoms. The number of hydrogen-bond donors (Lipinski definition) is 5. The third kappa shape index (κ3) is 6.70. The summed E-state index contributed by atoms with van der Waals surface area (Å²) >= 11 is 0. The number of anilines is 2. The van der Waals surface area contributed by atoms with Crippen LogP contribution in [0.25, 0.3) is 0 Å². The van der Waals surface area contributed by atoms with Crippen LogP contribution in [-0.2, 0) is 9.36 Å². The zero-order valence-corrected chi connectivity index (χ0v) is 16.2. The molecule has 0 radical (unpaired) electrons. The first-order valence-electron chi connectivity index (χ1n) is 7.10. The van der Waals surface area contributed by atoms with Gasteiger partial charge < -0.3 is 18.4 Å². The number of hydrogen-bond acceptors (Lipinski definition) is 4. The van der Waals surface area contributed by atoms with E-state index in [1.165, 1.54) is 11.6 Å². The Balaban J connectivity index is -0.00000176. The van der Waals surface area contributed by atoms with E-state index in [-0.39, 0.29) is 43.8 Å². The number of nitrogens with two attached hydrogens (primary N) is 2. The van der Waals surface area contributed by atoms with Crippen molar-refractivity contribution < 1.29 is 22.4 Å². The molecule has 132 valence electrons. The molecule has 0 aliphatic heterocycles. The molecule has 0 heterocycles. The first-order valence-corrected chi connectivity index (χ1v) is 8.90. The molecule has 1 amide bonds. The summed E-state index contributed by atoms with van der Waals surface area (Å²) in [4.78, 5) is 11.3. The van der Waals surface area contributed by atoms with Gasteiger partial charge in [0, 0.05) is 25.6 Å².